The summed E-state index contributed by atoms with van der Waals surface area (Å²) in [4.78, 5) is 2.41. The molecule has 0 aliphatic rings. The molecule has 13 aromatic carbocycles. The van der Waals surface area contributed by atoms with Gasteiger partial charge in [0, 0.05) is 17.1 Å². The fraction of sp³-hybridized carbons (Fsp3) is 0. The molecule has 0 fully saturated rings. The first-order valence-corrected chi connectivity index (χ1v) is 25.8. The second-order valence-corrected chi connectivity index (χ2v) is 19.2. The maximum absolute atomic E-state index is 2.41. The van der Waals surface area contributed by atoms with Crippen molar-refractivity contribution in [3.8, 4) is 89.0 Å². The van der Waals surface area contributed by atoms with Crippen molar-refractivity contribution in [2.45, 2.75) is 0 Å². The van der Waals surface area contributed by atoms with Gasteiger partial charge in [0.05, 0.1) is 0 Å². The van der Waals surface area contributed by atoms with Gasteiger partial charge in [-0.3, -0.25) is 0 Å². The molecular weight excluding hydrogens is 903 g/mol. The molecule has 352 valence electrons. The summed E-state index contributed by atoms with van der Waals surface area (Å²) in [5.41, 5.74) is 22.3. The number of hydrogen-bond donors (Lipinski definition) is 0. The number of hydrogen-bond acceptors (Lipinski definition) is 1. The van der Waals surface area contributed by atoms with Crippen LogP contribution in [0.25, 0.3) is 111 Å². The van der Waals surface area contributed by atoms with Crippen LogP contribution in [0.2, 0.25) is 0 Å². The van der Waals surface area contributed by atoms with Crippen molar-refractivity contribution < 1.29 is 0 Å². The quantitative estimate of drug-likeness (QED) is 0.117. The lowest BCUT2D eigenvalue weighted by atomic mass is 9.84. The van der Waals surface area contributed by atoms with Crippen LogP contribution in [0.4, 0.5) is 17.1 Å². The lowest BCUT2D eigenvalue weighted by molar-refractivity contribution is 1.28. The highest BCUT2D eigenvalue weighted by Gasteiger charge is 2.21. The fourth-order valence-electron chi connectivity index (χ4n) is 11.1. The average Bonchev–Trinajstić information content (AvgIpc) is 3.51. The van der Waals surface area contributed by atoms with Crippen molar-refractivity contribution in [2.75, 3.05) is 4.90 Å². The first-order valence-electron chi connectivity index (χ1n) is 25.8. The molecule has 0 aromatic heterocycles. The molecule has 0 amide bonds. The summed E-state index contributed by atoms with van der Waals surface area (Å²) in [6.07, 6.45) is 0. The highest BCUT2D eigenvalue weighted by Crippen LogP contribution is 2.47. The maximum atomic E-state index is 2.41. The SMILES string of the molecule is c1ccc(-c2cc(-c3ccccc3)cc(N(c3ccc(-c4ccc5c(c4)c(-c4ccccc4)c(-c4ccccc4)c4ccccc45)cc3)c3ccc(-c4cccc(-c5ccccc5)c4-c4ccccc4)cc3)c2)cc1. The Morgan fingerprint density at radius 2 is 0.507 bits per heavy atom. The van der Waals surface area contributed by atoms with E-state index in [4.69, 9.17) is 0 Å². The minimum absolute atomic E-state index is 1.06. The molecular formula is C74H51N. The highest BCUT2D eigenvalue weighted by atomic mass is 15.1. The van der Waals surface area contributed by atoms with Gasteiger partial charge in [0.1, 0.15) is 0 Å². The zero-order chi connectivity index (χ0) is 49.9. The van der Waals surface area contributed by atoms with Gasteiger partial charge in [-0.1, -0.05) is 261 Å². The Hall–Kier alpha value is -9.82. The third-order valence-corrected chi connectivity index (χ3v) is 14.6. The van der Waals surface area contributed by atoms with E-state index < -0.39 is 0 Å². The zero-order valence-corrected chi connectivity index (χ0v) is 41.4. The molecule has 0 radical (unpaired) electrons. The molecule has 0 heterocycles. The van der Waals surface area contributed by atoms with Crippen LogP contribution in [0.3, 0.4) is 0 Å². The second kappa shape index (κ2) is 20.0. The van der Waals surface area contributed by atoms with Crippen LogP contribution in [-0.2, 0) is 0 Å². The van der Waals surface area contributed by atoms with Crippen molar-refractivity contribution in [3.63, 3.8) is 0 Å². The van der Waals surface area contributed by atoms with E-state index in [1.54, 1.807) is 0 Å². The predicted octanol–water partition coefficient (Wildman–Crippen LogP) is 20.8. The van der Waals surface area contributed by atoms with Crippen LogP contribution < -0.4 is 4.90 Å². The fourth-order valence-corrected chi connectivity index (χ4v) is 11.1. The Balaban J connectivity index is 0.970. The lowest BCUT2D eigenvalue weighted by Crippen LogP contribution is -2.10. The molecule has 1 heteroatoms. The van der Waals surface area contributed by atoms with Crippen molar-refractivity contribution in [3.05, 3.63) is 309 Å². The number of rotatable bonds is 11. The largest absolute Gasteiger partial charge is 0.310 e. The van der Waals surface area contributed by atoms with Gasteiger partial charge < -0.3 is 4.90 Å². The number of fused-ring (bicyclic) bond motifs is 3. The van der Waals surface area contributed by atoms with Crippen LogP contribution in [-0.4, -0.2) is 0 Å². The molecule has 0 bridgehead atoms. The Morgan fingerprint density at radius 1 is 0.160 bits per heavy atom. The van der Waals surface area contributed by atoms with Crippen molar-refractivity contribution in [1.29, 1.82) is 0 Å². The topological polar surface area (TPSA) is 3.24 Å². The summed E-state index contributed by atoms with van der Waals surface area (Å²) in [5.74, 6) is 0. The van der Waals surface area contributed by atoms with Gasteiger partial charge >= 0.3 is 0 Å². The van der Waals surface area contributed by atoms with Gasteiger partial charge in [-0.15, -0.1) is 0 Å². The summed E-state index contributed by atoms with van der Waals surface area (Å²) < 4.78 is 0. The number of anilines is 3. The Labute approximate surface area is 439 Å². The lowest BCUT2D eigenvalue weighted by Gasteiger charge is -2.27. The normalized spacial score (nSPS) is 11.2. The van der Waals surface area contributed by atoms with E-state index in [0.29, 0.717) is 0 Å². The highest BCUT2D eigenvalue weighted by molar-refractivity contribution is 6.22. The van der Waals surface area contributed by atoms with E-state index in [9.17, 15) is 0 Å². The molecule has 0 saturated heterocycles. The van der Waals surface area contributed by atoms with Crippen LogP contribution in [0.15, 0.2) is 309 Å². The van der Waals surface area contributed by atoms with Crippen LogP contribution in [0.5, 0.6) is 0 Å². The smallest absolute Gasteiger partial charge is 0.0473 e. The van der Waals surface area contributed by atoms with E-state index in [2.05, 4.69) is 314 Å². The molecule has 0 saturated carbocycles. The minimum Gasteiger partial charge on any atom is -0.310 e. The van der Waals surface area contributed by atoms with E-state index in [1.165, 1.54) is 88.3 Å². The van der Waals surface area contributed by atoms with Crippen LogP contribution in [0.1, 0.15) is 0 Å². The number of nitrogens with zero attached hydrogens (tertiary/aromatic N) is 1. The van der Waals surface area contributed by atoms with E-state index in [1.807, 2.05) is 0 Å². The first kappa shape index (κ1) is 45.1. The summed E-state index contributed by atoms with van der Waals surface area (Å²) >= 11 is 0. The molecule has 0 N–H and O–H groups in total. The Kier molecular flexibility index (Phi) is 12.0. The summed E-state index contributed by atoms with van der Waals surface area (Å²) in [5, 5.41) is 4.99. The summed E-state index contributed by atoms with van der Waals surface area (Å²) in [6.45, 7) is 0. The molecule has 13 rings (SSSR count). The molecule has 0 spiro atoms. The average molecular weight is 954 g/mol. The third-order valence-electron chi connectivity index (χ3n) is 14.6. The van der Waals surface area contributed by atoms with Crippen molar-refractivity contribution >= 4 is 38.6 Å². The van der Waals surface area contributed by atoms with Crippen molar-refractivity contribution in [1.82, 2.24) is 0 Å². The predicted molar refractivity (Wildman–Crippen MR) is 320 cm³/mol. The van der Waals surface area contributed by atoms with E-state index >= 15 is 0 Å². The zero-order valence-electron chi connectivity index (χ0n) is 41.4. The van der Waals surface area contributed by atoms with Gasteiger partial charge in [0.2, 0.25) is 0 Å². The van der Waals surface area contributed by atoms with Gasteiger partial charge in [-0.2, -0.15) is 0 Å². The van der Waals surface area contributed by atoms with Gasteiger partial charge in [0.25, 0.3) is 0 Å². The van der Waals surface area contributed by atoms with Crippen LogP contribution >= 0.6 is 0 Å². The van der Waals surface area contributed by atoms with Crippen molar-refractivity contribution in [2.24, 2.45) is 0 Å². The molecule has 0 unspecified atom stereocenters. The van der Waals surface area contributed by atoms with Crippen LogP contribution in [0, 0.1) is 0 Å². The molecule has 0 aliphatic heterocycles. The first-order chi connectivity index (χ1) is 37.2. The molecule has 0 atom stereocenters. The third kappa shape index (κ3) is 8.77. The maximum Gasteiger partial charge on any atom is 0.0473 e. The van der Waals surface area contributed by atoms with E-state index in [0.717, 1.165) is 39.3 Å². The number of benzene rings is 13. The minimum atomic E-state index is 1.06. The second-order valence-electron chi connectivity index (χ2n) is 19.2. The standard InChI is InChI=1S/C74H51N/c1-7-22-52(23-8-1)61-48-62(53-24-9-2-10-25-53)50-65(49-61)75(64-45-40-56(41-46-64)67-37-21-36-66(55-26-11-3-12-27-55)72(67)57-28-13-4-14-29-57)63-43-38-54(39-44-63)60-42-47-69-68-34-19-20-35-70(68)73(58-30-15-5-16-31-58)74(71(69)51-60)59-32-17-6-18-33-59/h1-51H. The van der Waals surface area contributed by atoms with Gasteiger partial charge in [-0.25, -0.2) is 0 Å². The van der Waals surface area contributed by atoms with E-state index in [-0.39, 0.29) is 0 Å². The summed E-state index contributed by atoms with van der Waals surface area (Å²) in [7, 11) is 0. The Morgan fingerprint density at radius 3 is 1.00 bits per heavy atom. The van der Waals surface area contributed by atoms with Gasteiger partial charge in [-0.05, 0) is 159 Å². The molecule has 1 nitrogen and oxygen atoms in total. The summed E-state index contributed by atoms with van der Waals surface area (Å²) in [6, 6.07) is 113. The molecule has 13 aromatic rings. The molecule has 75 heavy (non-hydrogen) atoms. The molecule has 0 aliphatic carbocycles. The Bertz CT molecular complexity index is 4040. The van der Waals surface area contributed by atoms with Gasteiger partial charge in [0.15, 0.2) is 0 Å². The monoisotopic (exact) mass is 953 g/mol.